The molecule has 1 aliphatic heterocycles. The maximum atomic E-state index is 12.1. The van der Waals surface area contributed by atoms with Crippen molar-refractivity contribution in [2.24, 2.45) is 0 Å². The van der Waals surface area contributed by atoms with Crippen LogP contribution in [0.15, 0.2) is 23.1 Å². The first-order chi connectivity index (χ1) is 9.44. The summed E-state index contributed by atoms with van der Waals surface area (Å²) in [5.41, 5.74) is 0.789. The van der Waals surface area contributed by atoms with Crippen LogP contribution in [-0.4, -0.2) is 32.1 Å². The fourth-order valence-electron chi connectivity index (χ4n) is 1.88. The number of nitrogens with one attached hydrogen (secondary N) is 1. The third kappa shape index (κ3) is 2.92. The maximum Gasteiger partial charge on any atom is 0.322 e. The van der Waals surface area contributed by atoms with Crippen molar-refractivity contribution < 1.29 is 23.1 Å². The second kappa shape index (κ2) is 5.53. The lowest BCUT2D eigenvalue weighted by Gasteiger charge is -2.13. The number of ether oxygens (including phenoxy) is 1. The highest BCUT2D eigenvalue weighted by molar-refractivity contribution is 7.89. The average Bonchev–Trinajstić information content (AvgIpc) is 2.85. The molecule has 20 heavy (non-hydrogen) atoms. The van der Waals surface area contributed by atoms with Crippen LogP contribution in [0.4, 0.5) is 0 Å². The van der Waals surface area contributed by atoms with E-state index < -0.39 is 22.0 Å². The Balaban J connectivity index is 2.26. The summed E-state index contributed by atoms with van der Waals surface area (Å²) in [5, 5.41) is 8.93. The van der Waals surface area contributed by atoms with E-state index in [0.29, 0.717) is 18.8 Å². The van der Waals surface area contributed by atoms with E-state index in [0.717, 1.165) is 5.56 Å². The molecule has 1 aliphatic rings. The molecule has 0 radical (unpaired) electrons. The standard InChI is InChI=1S/C13H13NO5S/c1-2-3-11(13(15)16)14-20(17,18)10-4-5-12-9(8-10)6-7-19-12/h1,4-5,8,11,14H,3,6-7H2,(H,15,16). The predicted molar refractivity (Wildman–Crippen MR) is 70.8 cm³/mol. The van der Waals surface area contributed by atoms with Gasteiger partial charge in [-0.1, -0.05) is 0 Å². The van der Waals surface area contributed by atoms with Crippen LogP contribution in [0.25, 0.3) is 0 Å². The molecule has 1 atom stereocenters. The Morgan fingerprint density at radius 1 is 1.55 bits per heavy atom. The van der Waals surface area contributed by atoms with Crippen LogP contribution in [-0.2, 0) is 21.2 Å². The van der Waals surface area contributed by atoms with Gasteiger partial charge in [-0.25, -0.2) is 8.42 Å². The van der Waals surface area contributed by atoms with E-state index in [1.165, 1.54) is 12.1 Å². The Kier molecular flexibility index (Phi) is 3.97. The second-order valence-electron chi connectivity index (χ2n) is 4.29. The van der Waals surface area contributed by atoms with Crippen LogP contribution >= 0.6 is 0 Å². The monoisotopic (exact) mass is 295 g/mol. The molecule has 6 nitrogen and oxygen atoms in total. The first-order valence-electron chi connectivity index (χ1n) is 5.88. The number of aliphatic carboxylic acids is 1. The summed E-state index contributed by atoms with van der Waals surface area (Å²) < 4.78 is 31.7. The lowest BCUT2D eigenvalue weighted by atomic mass is 10.2. The molecule has 1 aromatic carbocycles. The molecule has 2 N–H and O–H groups in total. The highest BCUT2D eigenvalue weighted by Crippen LogP contribution is 2.27. The molecule has 0 aliphatic carbocycles. The number of benzene rings is 1. The number of sulfonamides is 1. The number of fused-ring (bicyclic) bond motifs is 1. The zero-order valence-corrected chi connectivity index (χ0v) is 11.3. The number of hydrogen-bond donors (Lipinski definition) is 2. The van der Waals surface area contributed by atoms with Gasteiger partial charge in [0.2, 0.25) is 10.0 Å². The summed E-state index contributed by atoms with van der Waals surface area (Å²) >= 11 is 0. The summed E-state index contributed by atoms with van der Waals surface area (Å²) in [6.07, 6.45) is 5.44. The second-order valence-corrected chi connectivity index (χ2v) is 6.00. The van der Waals surface area contributed by atoms with Crippen LogP contribution < -0.4 is 9.46 Å². The summed E-state index contributed by atoms with van der Waals surface area (Å²) in [7, 11) is -3.93. The van der Waals surface area contributed by atoms with Gasteiger partial charge in [-0.15, -0.1) is 12.3 Å². The van der Waals surface area contributed by atoms with E-state index in [4.69, 9.17) is 16.3 Å². The van der Waals surface area contributed by atoms with Gasteiger partial charge >= 0.3 is 5.97 Å². The van der Waals surface area contributed by atoms with Crippen molar-refractivity contribution in [1.29, 1.82) is 0 Å². The van der Waals surface area contributed by atoms with Gasteiger partial charge in [-0.05, 0) is 23.8 Å². The normalized spacial score (nSPS) is 14.9. The van der Waals surface area contributed by atoms with Gasteiger partial charge in [0, 0.05) is 12.8 Å². The number of hydrogen-bond acceptors (Lipinski definition) is 4. The highest BCUT2D eigenvalue weighted by atomic mass is 32.2. The van der Waals surface area contributed by atoms with Crippen molar-refractivity contribution in [2.45, 2.75) is 23.8 Å². The molecule has 106 valence electrons. The molecule has 1 unspecified atom stereocenters. The average molecular weight is 295 g/mol. The summed E-state index contributed by atoms with van der Waals surface area (Å²) in [4.78, 5) is 10.9. The zero-order chi connectivity index (χ0) is 14.8. The molecule has 7 heteroatoms. The zero-order valence-electron chi connectivity index (χ0n) is 10.5. The highest BCUT2D eigenvalue weighted by Gasteiger charge is 2.26. The van der Waals surface area contributed by atoms with Gasteiger partial charge in [0.1, 0.15) is 11.8 Å². The molecule has 1 heterocycles. The number of carbonyl (C=O) groups is 1. The largest absolute Gasteiger partial charge is 0.493 e. The maximum absolute atomic E-state index is 12.1. The Morgan fingerprint density at radius 2 is 2.30 bits per heavy atom. The number of rotatable bonds is 5. The molecule has 0 amide bonds. The first kappa shape index (κ1) is 14.4. The van der Waals surface area contributed by atoms with E-state index in [2.05, 4.69) is 10.6 Å². The smallest absolute Gasteiger partial charge is 0.322 e. The van der Waals surface area contributed by atoms with E-state index in [-0.39, 0.29) is 11.3 Å². The minimum Gasteiger partial charge on any atom is -0.493 e. The lowest BCUT2D eigenvalue weighted by Crippen LogP contribution is -2.40. The Hall–Kier alpha value is -2.04. The van der Waals surface area contributed by atoms with E-state index in [1.807, 2.05) is 0 Å². The summed E-state index contributed by atoms with van der Waals surface area (Å²) in [5.74, 6) is 1.48. The Labute approximate surface area is 116 Å². The first-order valence-corrected chi connectivity index (χ1v) is 7.36. The van der Waals surface area contributed by atoms with Crippen LogP contribution in [0.3, 0.4) is 0 Å². The van der Waals surface area contributed by atoms with Crippen LogP contribution in [0.1, 0.15) is 12.0 Å². The minimum atomic E-state index is -3.93. The molecule has 0 saturated heterocycles. The molecule has 0 saturated carbocycles. The van der Waals surface area contributed by atoms with Crippen molar-refractivity contribution in [3.8, 4) is 18.1 Å². The number of carboxylic acids is 1. The molecule has 0 fully saturated rings. The molecule has 0 bridgehead atoms. The van der Waals surface area contributed by atoms with Crippen LogP contribution in [0, 0.1) is 12.3 Å². The molecule has 2 rings (SSSR count). The van der Waals surface area contributed by atoms with Gasteiger partial charge in [-0.2, -0.15) is 4.72 Å². The fourth-order valence-corrected chi connectivity index (χ4v) is 3.12. The van der Waals surface area contributed by atoms with Crippen molar-refractivity contribution in [2.75, 3.05) is 6.61 Å². The van der Waals surface area contributed by atoms with Crippen molar-refractivity contribution in [3.05, 3.63) is 23.8 Å². The third-order valence-electron chi connectivity index (χ3n) is 2.89. The molecular formula is C13H13NO5S. The van der Waals surface area contributed by atoms with Gasteiger partial charge in [-0.3, -0.25) is 4.79 Å². The summed E-state index contributed by atoms with van der Waals surface area (Å²) in [6.45, 7) is 0.515. The lowest BCUT2D eigenvalue weighted by molar-refractivity contribution is -0.138. The van der Waals surface area contributed by atoms with E-state index >= 15 is 0 Å². The van der Waals surface area contributed by atoms with Crippen LogP contribution in [0.2, 0.25) is 0 Å². The third-order valence-corrected chi connectivity index (χ3v) is 4.36. The van der Waals surface area contributed by atoms with Crippen molar-refractivity contribution in [3.63, 3.8) is 0 Å². The Bertz CT molecular complexity index is 674. The molecule has 0 spiro atoms. The van der Waals surface area contributed by atoms with Gasteiger partial charge in [0.05, 0.1) is 11.5 Å². The van der Waals surface area contributed by atoms with E-state index in [1.54, 1.807) is 6.07 Å². The fraction of sp³-hybridized carbons (Fsp3) is 0.308. The van der Waals surface area contributed by atoms with Crippen LogP contribution in [0.5, 0.6) is 5.75 Å². The van der Waals surface area contributed by atoms with Gasteiger partial charge < -0.3 is 9.84 Å². The number of terminal acetylenes is 1. The predicted octanol–water partition coefficient (Wildman–Crippen LogP) is 0.376. The van der Waals surface area contributed by atoms with Gasteiger partial charge in [0.25, 0.3) is 0 Å². The topological polar surface area (TPSA) is 92.7 Å². The molecular weight excluding hydrogens is 282 g/mol. The molecule has 0 aromatic heterocycles. The number of carboxylic acid groups (broad SMARTS) is 1. The van der Waals surface area contributed by atoms with Crippen molar-refractivity contribution >= 4 is 16.0 Å². The van der Waals surface area contributed by atoms with Crippen molar-refractivity contribution in [1.82, 2.24) is 4.72 Å². The minimum absolute atomic E-state index is 0.00465. The molecule has 1 aromatic rings. The quantitative estimate of drug-likeness (QED) is 0.766. The summed E-state index contributed by atoms with van der Waals surface area (Å²) in [6, 6.07) is 3.09. The Morgan fingerprint density at radius 3 is 2.95 bits per heavy atom. The SMILES string of the molecule is C#CCC(NS(=O)(=O)c1ccc2c(c1)CCO2)C(=O)O. The van der Waals surface area contributed by atoms with Gasteiger partial charge in [0.15, 0.2) is 0 Å². The van der Waals surface area contributed by atoms with E-state index in [9.17, 15) is 13.2 Å².